The number of carbonyl (C=O) groups excluding carboxylic acids is 1. The number of ether oxygens (including phenoxy) is 2. The molecule has 0 unspecified atom stereocenters. The summed E-state index contributed by atoms with van der Waals surface area (Å²) < 4.78 is 11.0. The van der Waals surface area contributed by atoms with Crippen LogP contribution in [0.2, 0.25) is 0 Å². The Morgan fingerprint density at radius 3 is 2.65 bits per heavy atom. The number of hydrogen-bond acceptors (Lipinski definition) is 6. The van der Waals surface area contributed by atoms with Crippen molar-refractivity contribution in [1.29, 1.82) is 0 Å². The highest BCUT2D eigenvalue weighted by atomic mass is 35.5. The molecule has 1 heterocycles. The minimum absolute atomic E-state index is 0. The molecule has 1 aromatic carbocycles. The first-order valence-electron chi connectivity index (χ1n) is 7.91. The lowest BCUT2D eigenvalue weighted by Crippen LogP contribution is -2.32. The van der Waals surface area contributed by atoms with Gasteiger partial charge in [0.05, 0.1) is 18.3 Å². The van der Waals surface area contributed by atoms with E-state index in [1.54, 1.807) is 30.8 Å². The van der Waals surface area contributed by atoms with Gasteiger partial charge in [0.15, 0.2) is 11.5 Å². The topological polar surface area (TPSA) is 72.5 Å². The molecule has 2 N–H and O–H groups in total. The van der Waals surface area contributed by atoms with Crippen LogP contribution in [0, 0.1) is 0 Å². The Balaban J connectivity index is 0.00000312. The van der Waals surface area contributed by atoms with E-state index in [1.807, 2.05) is 5.38 Å². The fourth-order valence-corrected chi connectivity index (χ4v) is 2.60. The normalized spacial score (nSPS) is 9.62. The summed E-state index contributed by atoms with van der Waals surface area (Å²) in [7, 11) is 1.56. The number of rotatable bonds is 10. The van der Waals surface area contributed by atoms with Crippen LogP contribution in [0.1, 0.15) is 29.4 Å². The molecule has 9 heteroatoms. The molecule has 0 aliphatic heterocycles. The Morgan fingerprint density at radius 2 is 2.00 bits per heavy atom. The summed E-state index contributed by atoms with van der Waals surface area (Å²) >= 11 is 1.52. The standard InChI is InChI=1S/C17H23N3O3S.2ClH/c1-3-6-18-7-8-19-17(21)13-4-5-15(16(9-13)22-2)23-10-14-11-24-12-20-14;;/h4-5,9,11-12,18H,3,6-8,10H2,1-2H3,(H,19,21);2*1H. The highest BCUT2D eigenvalue weighted by Gasteiger charge is 2.11. The van der Waals surface area contributed by atoms with Crippen molar-refractivity contribution in [2.45, 2.75) is 20.0 Å². The smallest absolute Gasteiger partial charge is 0.251 e. The van der Waals surface area contributed by atoms with Crippen LogP contribution >= 0.6 is 36.2 Å². The van der Waals surface area contributed by atoms with Crippen LogP contribution < -0.4 is 20.1 Å². The van der Waals surface area contributed by atoms with Gasteiger partial charge in [-0.3, -0.25) is 4.79 Å². The molecule has 0 saturated carbocycles. The number of nitrogens with one attached hydrogen (secondary N) is 2. The SMILES string of the molecule is CCCNCCNC(=O)c1ccc(OCc2cscn2)c(OC)c1.Cl.Cl. The Kier molecular flexibility index (Phi) is 12.8. The largest absolute Gasteiger partial charge is 0.493 e. The zero-order valence-corrected chi connectivity index (χ0v) is 17.3. The molecule has 26 heavy (non-hydrogen) atoms. The lowest BCUT2D eigenvalue weighted by Gasteiger charge is -2.12. The highest BCUT2D eigenvalue weighted by molar-refractivity contribution is 7.07. The maximum Gasteiger partial charge on any atom is 0.251 e. The quantitative estimate of drug-likeness (QED) is 0.575. The molecule has 0 fully saturated rings. The van der Waals surface area contributed by atoms with Gasteiger partial charge in [-0.2, -0.15) is 0 Å². The summed E-state index contributed by atoms with van der Waals surface area (Å²) in [5.41, 5.74) is 3.17. The minimum Gasteiger partial charge on any atom is -0.493 e. The number of carbonyl (C=O) groups is 1. The van der Waals surface area contributed by atoms with Gasteiger partial charge in [-0.1, -0.05) is 6.92 Å². The number of hydrogen-bond donors (Lipinski definition) is 2. The van der Waals surface area contributed by atoms with Crippen molar-refractivity contribution in [3.05, 3.63) is 40.3 Å². The van der Waals surface area contributed by atoms with Gasteiger partial charge >= 0.3 is 0 Å². The first-order chi connectivity index (χ1) is 11.7. The van der Waals surface area contributed by atoms with E-state index in [0.29, 0.717) is 30.2 Å². The predicted molar refractivity (Wildman–Crippen MR) is 109 cm³/mol. The third-order valence-corrected chi connectivity index (χ3v) is 3.93. The van der Waals surface area contributed by atoms with Crippen LogP contribution in [-0.4, -0.2) is 37.6 Å². The lowest BCUT2D eigenvalue weighted by atomic mass is 10.2. The third kappa shape index (κ3) is 7.78. The van der Waals surface area contributed by atoms with Crippen molar-refractivity contribution >= 4 is 42.1 Å². The van der Waals surface area contributed by atoms with Gasteiger partial charge < -0.3 is 20.1 Å². The molecular weight excluding hydrogens is 397 g/mol. The van der Waals surface area contributed by atoms with E-state index < -0.39 is 0 Å². The second kappa shape index (κ2) is 13.6. The van der Waals surface area contributed by atoms with Gasteiger partial charge in [-0.05, 0) is 31.2 Å². The fraction of sp³-hybridized carbons (Fsp3) is 0.412. The van der Waals surface area contributed by atoms with Crippen LogP contribution in [0.25, 0.3) is 0 Å². The number of amides is 1. The summed E-state index contributed by atoms with van der Waals surface area (Å²) in [4.78, 5) is 16.3. The molecule has 6 nitrogen and oxygen atoms in total. The zero-order valence-electron chi connectivity index (χ0n) is 14.8. The Hall–Kier alpha value is -1.54. The number of aromatic nitrogens is 1. The van der Waals surface area contributed by atoms with Gasteiger partial charge in [0, 0.05) is 24.0 Å². The minimum atomic E-state index is -0.127. The maximum atomic E-state index is 12.2. The second-order valence-corrected chi connectivity index (χ2v) is 5.86. The lowest BCUT2D eigenvalue weighted by molar-refractivity contribution is 0.0953. The van der Waals surface area contributed by atoms with E-state index in [2.05, 4.69) is 22.5 Å². The summed E-state index contributed by atoms with van der Waals surface area (Å²) in [5, 5.41) is 8.05. The van der Waals surface area contributed by atoms with Gasteiger partial charge in [-0.15, -0.1) is 36.2 Å². The van der Waals surface area contributed by atoms with E-state index in [-0.39, 0.29) is 30.7 Å². The molecule has 2 rings (SSSR count). The van der Waals surface area contributed by atoms with Crippen molar-refractivity contribution < 1.29 is 14.3 Å². The first kappa shape index (κ1) is 24.5. The molecule has 1 amide bonds. The number of halogens is 2. The van der Waals surface area contributed by atoms with Crippen LogP contribution in [0.3, 0.4) is 0 Å². The maximum absolute atomic E-state index is 12.2. The Bertz CT molecular complexity index is 642. The monoisotopic (exact) mass is 421 g/mol. The van der Waals surface area contributed by atoms with E-state index in [9.17, 15) is 4.79 Å². The van der Waals surface area contributed by atoms with Crippen molar-refractivity contribution in [3.8, 4) is 11.5 Å². The van der Waals surface area contributed by atoms with Crippen molar-refractivity contribution in [3.63, 3.8) is 0 Å². The number of thiazole rings is 1. The second-order valence-electron chi connectivity index (χ2n) is 5.14. The highest BCUT2D eigenvalue weighted by Crippen LogP contribution is 2.28. The molecule has 0 aliphatic carbocycles. The van der Waals surface area contributed by atoms with Crippen LogP contribution in [0.4, 0.5) is 0 Å². The molecule has 0 aliphatic rings. The van der Waals surface area contributed by atoms with E-state index in [4.69, 9.17) is 9.47 Å². The van der Waals surface area contributed by atoms with Gasteiger partial charge in [0.1, 0.15) is 6.61 Å². The molecule has 146 valence electrons. The summed E-state index contributed by atoms with van der Waals surface area (Å²) in [6, 6.07) is 5.16. The zero-order chi connectivity index (χ0) is 17.2. The molecule has 1 aromatic heterocycles. The van der Waals surface area contributed by atoms with E-state index >= 15 is 0 Å². The molecule has 0 radical (unpaired) electrons. The number of methoxy groups -OCH3 is 1. The van der Waals surface area contributed by atoms with Crippen molar-refractivity contribution in [2.75, 3.05) is 26.7 Å². The molecule has 2 aromatic rings. The molecule has 0 bridgehead atoms. The first-order valence-corrected chi connectivity index (χ1v) is 8.85. The number of nitrogens with zero attached hydrogens (tertiary/aromatic N) is 1. The third-order valence-electron chi connectivity index (χ3n) is 3.30. The molecular formula is C17H25Cl2N3O3S. The van der Waals surface area contributed by atoms with Crippen molar-refractivity contribution in [1.82, 2.24) is 15.6 Å². The van der Waals surface area contributed by atoms with Gasteiger partial charge in [-0.25, -0.2) is 4.98 Å². The van der Waals surface area contributed by atoms with Crippen LogP contribution in [0.15, 0.2) is 29.1 Å². The fourth-order valence-electron chi connectivity index (χ4n) is 2.06. The average molecular weight is 422 g/mol. The Labute approximate surface area is 170 Å². The van der Waals surface area contributed by atoms with E-state index in [1.165, 1.54) is 11.3 Å². The molecule has 0 saturated heterocycles. The van der Waals surface area contributed by atoms with Gasteiger partial charge in [0.2, 0.25) is 0 Å². The molecule has 0 atom stereocenters. The van der Waals surface area contributed by atoms with Gasteiger partial charge in [0.25, 0.3) is 5.91 Å². The van der Waals surface area contributed by atoms with E-state index in [0.717, 1.165) is 25.2 Å². The van der Waals surface area contributed by atoms with Crippen LogP contribution in [-0.2, 0) is 6.61 Å². The van der Waals surface area contributed by atoms with Crippen molar-refractivity contribution in [2.24, 2.45) is 0 Å². The Morgan fingerprint density at radius 1 is 1.19 bits per heavy atom. The average Bonchev–Trinajstić information content (AvgIpc) is 3.13. The summed E-state index contributed by atoms with van der Waals surface area (Å²) in [6.07, 6.45) is 1.08. The predicted octanol–water partition coefficient (Wildman–Crippen LogP) is 3.30. The number of benzene rings is 1. The van der Waals surface area contributed by atoms with Crippen LogP contribution in [0.5, 0.6) is 11.5 Å². The summed E-state index contributed by atoms with van der Waals surface area (Å²) in [6.45, 7) is 4.77. The summed E-state index contributed by atoms with van der Waals surface area (Å²) in [5.74, 6) is 0.992. The molecule has 0 spiro atoms.